The average molecular weight is 364 g/mol. The standard InChI is InChI=1S/C20H20N4OS/c25-20-17-4-1-9-23(17)18-13-22(11-15-5-7-21-8-6-15)14-19(18)24(20)12-16-3-2-10-26-16/h1-10,18-19H,11-14H2/t18-,19-/m0/s1. The van der Waals surface area contributed by atoms with E-state index in [1.54, 1.807) is 11.3 Å². The zero-order valence-corrected chi connectivity index (χ0v) is 15.2. The van der Waals surface area contributed by atoms with Crippen molar-refractivity contribution in [1.29, 1.82) is 0 Å². The second kappa shape index (κ2) is 6.37. The number of thiophene rings is 1. The zero-order chi connectivity index (χ0) is 17.5. The zero-order valence-electron chi connectivity index (χ0n) is 14.4. The number of hydrogen-bond acceptors (Lipinski definition) is 4. The van der Waals surface area contributed by atoms with E-state index in [0.717, 1.165) is 25.3 Å². The van der Waals surface area contributed by atoms with Crippen LogP contribution in [0.4, 0.5) is 0 Å². The summed E-state index contributed by atoms with van der Waals surface area (Å²) in [7, 11) is 0. The maximum atomic E-state index is 13.1. The number of carbonyl (C=O) groups is 1. The summed E-state index contributed by atoms with van der Waals surface area (Å²) in [4.78, 5) is 23.0. The van der Waals surface area contributed by atoms with Crippen molar-refractivity contribution in [1.82, 2.24) is 19.4 Å². The summed E-state index contributed by atoms with van der Waals surface area (Å²) in [5, 5.41) is 2.08. The number of fused-ring (bicyclic) bond motifs is 3. The molecule has 0 saturated carbocycles. The van der Waals surface area contributed by atoms with Gasteiger partial charge >= 0.3 is 0 Å². The third-order valence-corrected chi connectivity index (χ3v) is 6.27. The molecule has 6 heteroatoms. The summed E-state index contributed by atoms with van der Waals surface area (Å²) >= 11 is 1.72. The van der Waals surface area contributed by atoms with Gasteiger partial charge in [0, 0.05) is 43.1 Å². The number of nitrogens with zero attached hydrogens (tertiary/aromatic N) is 4. The van der Waals surface area contributed by atoms with Gasteiger partial charge in [0.15, 0.2) is 0 Å². The van der Waals surface area contributed by atoms with E-state index >= 15 is 0 Å². The summed E-state index contributed by atoms with van der Waals surface area (Å²) in [5.41, 5.74) is 2.08. The van der Waals surface area contributed by atoms with Crippen molar-refractivity contribution >= 4 is 17.2 Å². The van der Waals surface area contributed by atoms with E-state index < -0.39 is 0 Å². The molecular formula is C20H20N4OS. The molecule has 1 amide bonds. The van der Waals surface area contributed by atoms with Crippen molar-refractivity contribution in [3.8, 4) is 0 Å². The topological polar surface area (TPSA) is 41.4 Å². The number of amides is 1. The van der Waals surface area contributed by atoms with Crippen LogP contribution in [0.25, 0.3) is 0 Å². The minimum absolute atomic E-state index is 0.149. The Morgan fingerprint density at radius 1 is 1.04 bits per heavy atom. The Hall–Kier alpha value is -2.44. The quantitative estimate of drug-likeness (QED) is 0.715. The van der Waals surface area contributed by atoms with Crippen molar-refractivity contribution in [2.75, 3.05) is 13.1 Å². The van der Waals surface area contributed by atoms with Gasteiger partial charge in [-0.3, -0.25) is 14.7 Å². The van der Waals surface area contributed by atoms with Gasteiger partial charge in [-0.05, 0) is 41.3 Å². The molecule has 5 nitrogen and oxygen atoms in total. The first-order valence-electron chi connectivity index (χ1n) is 8.91. The maximum absolute atomic E-state index is 13.1. The molecule has 2 aliphatic heterocycles. The van der Waals surface area contributed by atoms with Gasteiger partial charge in [0.05, 0.1) is 18.6 Å². The molecule has 0 N–H and O–H groups in total. The SMILES string of the molecule is O=C1c2cccn2[C@H]2CN(Cc3ccncc3)C[C@@H]2N1Cc1cccs1. The van der Waals surface area contributed by atoms with Gasteiger partial charge in [0.2, 0.25) is 0 Å². The van der Waals surface area contributed by atoms with E-state index in [0.29, 0.717) is 12.6 Å². The second-order valence-corrected chi connectivity index (χ2v) is 8.03. The van der Waals surface area contributed by atoms with E-state index in [2.05, 4.69) is 55.2 Å². The molecule has 26 heavy (non-hydrogen) atoms. The Morgan fingerprint density at radius 3 is 2.69 bits per heavy atom. The number of aromatic nitrogens is 2. The van der Waals surface area contributed by atoms with Crippen LogP contribution in [0.3, 0.4) is 0 Å². The van der Waals surface area contributed by atoms with Crippen molar-refractivity contribution in [3.05, 3.63) is 76.5 Å². The Kier molecular flexibility index (Phi) is 3.87. The largest absolute Gasteiger partial charge is 0.337 e. The van der Waals surface area contributed by atoms with Gasteiger partial charge in [-0.2, -0.15) is 0 Å². The molecular weight excluding hydrogens is 344 g/mol. The highest BCUT2D eigenvalue weighted by Gasteiger charge is 2.44. The van der Waals surface area contributed by atoms with Crippen LogP contribution in [0, 0.1) is 0 Å². The minimum Gasteiger partial charge on any atom is -0.337 e. The lowest BCUT2D eigenvalue weighted by Crippen LogP contribution is -2.49. The van der Waals surface area contributed by atoms with Crippen LogP contribution in [-0.4, -0.2) is 44.4 Å². The molecule has 2 atom stereocenters. The first-order valence-corrected chi connectivity index (χ1v) is 9.79. The van der Waals surface area contributed by atoms with Gasteiger partial charge in [-0.15, -0.1) is 11.3 Å². The Bertz CT molecular complexity index is 905. The summed E-state index contributed by atoms with van der Waals surface area (Å²) in [5.74, 6) is 0.149. The van der Waals surface area contributed by atoms with Crippen LogP contribution in [-0.2, 0) is 13.1 Å². The molecule has 0 unspecified atom stereocenters. The van der Waals surface area contributed by atoms with Crippen LogP contribution in [0.5, 0.6) is 0 Å². The van der Waals surface area contributed by atoms with Crippen molar-refractivity contribution < 1.29 is 4.79 Å². The predicted molar refractivity (Wildman–Crippen MR) is 101 cm³/mol. The van der Waals surface area contributed by atoms with E-state index in [-0.39, 0.29) is 11.9 Å². The fraction of sp³-hybridized carbons (Fsp3) is 0.300. The molecule has 1 saturated heterocycles. The molecule has 132 valence electrons. The predicted octanol–water partition coefficient (Wildman–Crippen LogP) is 3.03. The molecule has 0 aliphatic carbocycles. The monoisotopic (exact) mass is 364 g/mol. The smallest absolute Gasteiger partial charge is 0.271 e. The summed E-state index contributed by atoms with van der Waals surface area (Å²) in [6.07, 6.45) is 5.74. The normalized spacial score (nSPS) is 22.5. The third kappa shape index (κ3) is 2.66. The highest BCUT2D eigenvalue weighted by atomic mass is 32.1. The number of hydrogen-bond donors (Lipinski definition) is 0. The maximum Gasteiger partial charge on any atom is 0.271 e. The fourth-order valence-corrected chi connectivity index (χ4v) is 4.93. The summed E-state index contributed by atoms with van der Waals surface area (Å²) < 4.78 is 2.18. The highest BCUT2D eigenvalue weighted by molar-refractivity contribution is 7.09. The van der Waals surface area contributed by atoms with Gasteiger partial charge < -0.3 is 9.47 Å². The first-order chi connectivity index (χ1) is 12.8. The second-order valence-electron chi connectivity index (χ2n) is 7.00. The molecule has 5 rings (SSSR count). The molecule has 5 heterocycles. The molecule has 1 fully saturated rings. The van der Waals surface area contributed by atoms with Gasteiger partial charge in [-0.25, -0.2) is 0 Å². The molecule has 0 aromatic carbocycles. The summed E-state index contributed by atoms with van der Waals surface area (Å²) in [6, 6.07) is 12.8. The lowest BCUT2D eigenvalue weighted by Gasteiger charge is -2.38. The van der Waals surface area contributed by atoms with E-state index in [9.17, 15) is 4.79 Å². The molecule has 3 aromatic rings. The van der Waals surface area contributed by atoms with Crippen LogP contribution < -0.4 is 0 Å². The minimum atomic E-state index is 0.149. The van der Waals surface area contributed by atoms with Crippen molar-refractivity contribution in [2.24, 2.45) is 0 Å². The van der Waals surface area contributed by atoms with Crippen molar-refractivity contribution in [2.45, 2.75) is 25.2 Å². The fourth-order valence-electron chi connectivity index (χ4n) is 4.22. The van der Waals surface area contributed by atoms with E-state index in [1.807, 2.05) is 24.5 Å². The van der Waals surface area contributed by atoms with E-state index in [4.69, 9.17) is 0 Å². The third-order valence-electron chi connectivity index (χ3n) is 5.41. The summed E-state index contributed by atoms with van der Waals surface area (Å²) in [6.45, 7) is 3.46. The number of likely N-dealkylation sites (tertiary alicyclic amines) is 1. The molecule has 3 aromatic heterocycles. The number of pyridine rings is 1. The van der Waals surface area contributed by atoms with Gasteiger partial charge in [-0.1, -0.05) is 6.07 Å². The van der Waals surface area contributed by atoms with Crippen molar-refractivity contribution in [3.63, 3.8) is 0 Å². The molecule has 0 spiro atoms. The van der Waals surface area contributed by atoms with Crippen LogP contribution >= 0.6 is 11.3 Å². The van der Waals surface area contributed by atoms with E-state index in [1.165, 1.54) is 10.4 Å². The number of rotatable bonds is 4. The molecule has 0 radical (unpaired) electrons. The Morgan fingerprint density at radius 2 is 1.88 bits per heavy atom. The number of carbonyl (C=O) groups excluding carboxylic acids is 1. The first kappa shape index (κ1) is 15.8. The Labute approximate surface area is 156 Å². The van der Waals surface area contributed by atoms with Gasteiger partial charge in [0.25, 0.3) is 5.91 Å². The lowest BCUT2D eigenvalue weighted by molar-refractivity contribution is 0.0559. The Balaban J connectivity index is 1.44. The van der Waals surface area contributed by atoms with Crippen LogP contribution in [0.2, 0.25) is 0 Å². The lowest BCUT2D eigenvalue weighted by atomic mass is 10.1. The van der Waals surface area contributed by atoms with Gasteiger partial charge in [0.1, 0.15) is 5.69 Å². The highest BCUT2D eigenvalue weighted by Crippen LogP contribution is 2.35. The van der Waals surface area contributed by atoms with Crippen LogP contribution in [0.1, 0.15) is 27.0 Å². The molecule has 0 bridgehead atoms. The van der Waals surface area contributed by atoms with Crippen LogP contribution in [0.15, 0.2) is 60.4 Å². The molecule has 2 aliphatic rings. The average Bonchev–Trinajstić information content (AvgIpc) is 3.39.